The summed E-state index contributed by atoms with van der Waals surface area (Å²) >= 11 is 0. The second-order valence-corrected chi connectivity index (χ2v) is 4.15. The van der Waals surface area contributed by atoms with Crippen LogP contribution < -0.4 is 0 Å². The summed E-state index contributed by atoms with van der Waals surface area (Å²) in [7, 11) is 1.86. The molecule has 2 aliphatic heterocycles. The third-order valence-electron chi connectivity index (χ3n) is 3.06. The number of rotatable bonds is 0. The Kier molecular flexibility index (Phi) is 1.75. The first kappa shape index (κ1) is 8.77. The molecule has 2 aliphatic rings. The summed E-state index contributed by atoms with van der Waals surface area (Å²) in [4.78, 5) is 17.6. The number of hydroxylamine groups is 2. The van der Waals surface area contributed by atoms with Gasteiger partial charge in [0.1, 0.15) is 0 Å². The molecule has 0 aliphatic carbocycles. The number of hydrogen-bond acceptors (Lipinski definition) is 3. The summed E-state index contributed by atoms with van der Waals surface area (Å²) in [5, 5.41) is 10.6. The van der Waals surface area contributed by atoms with E-state index in [1.54, 1.807) is 5.06 Å². The molecule has 1 amide bonds. The Morgan fingerprint density at radius 1 is 1.69 bits per heavy atom. The van der Waals surface area contributed by atoms with Crippen LogP contribution in [0.4, 0.5) is 4.79 Å². The topological polar surface area (TPSA) is 53.0 Å². The Balaban J connectivity index is 2.15. The van der Waals surface area contributed by atoms with Crippen LogP contribution in [0.5, 0.6) is 0 Å². The number of amides is 1. The molecule has 0 aromatic rings. The van der Waals surface area contributed by atoms with Crippen molar-refractivity contribution in [2.75, 3.05) is 26.7 Å². The fourth-order valence-corrected chi connectivity index (χ4v) is 2.22. The van der Waals surface area contributed by atoms with Crippen molar-refractivity contribution in [2.24, 2.45) is 5.41 Å². The van der Waals surface area contributed by atoms with E-state index in [0.717, 1.165) is 0 Å². The molecule has 2 unspecified atom stereocenters. The van der Waals surface area contributed by atoms with Crippen molar-refractivity contribution in [3.05, 3.63) is 0 Å². The fourth-order valence-electron chi connectivity index (χ4n) is 2.22. The van der Waals surface area contributed by atoms with E-state index < -0.39 is 6.09 Å². The number of fused-ring (bicyclic) bond motifs is 1. The molecule has 74 valence electrons. The van der Waals surface area contributed by atoms with Gasteiger partial charge in [-0.15, -0.1) is 0 Å². The molecule has 5 heteroatoms. The van der Waals surface area contributed by atoms with Gasteiger partial charge in [-0.2, -0.15) is 5.06 Å². The predicted octanol–water partition coefficient (Wildman–Crippen LogP) is 0.232. The van der Waals surface area contributed by atoms with Crippen molar-refractivity contribution in [1.29, 1.82) is 0 Å². The molecule has 2 fully saturated rings. The van der Waals surface area contributed by atoms with E-state index in [1.807, 2.05) is 7.05 Å². The van der Waals surface area contributed by atoms with Gasteiger partial charge in [0.25, 0.3) is 0 Å². The van der Waals surface area contributed by atoms with E-state index in [2.05, 4.69) is 6.92 Å². The quantitative estimate of drug-likeness (QED) is 0.588. The van der Waals surface area contributed by atoms with E-state index in [4.69, 9.17) is 9.94 Å². The second kappa shape index (κ2) is 2.59. The molecule has 1 N–H and O–H groups in total. The van der Waals surface area contributed by atoms with Crippen molar-refractivity contribution in [2.45, 2.75) is 13.0 Å². The summed E-state index contributed by atoms with van der Waals surface area (Å²) in [6.45, 7) is 3.84. The van der Waals surface area contributed by atoms with Crippen LogP contribution in [0.25, 0.3) is 0 Å². The van der Waals surface area contributed by atoms with E-state index in [0.29, 0.717) is 19.7 Å². The molecule has 0 aromatic carbocycles. The normalized spacial score (nSPS) is 39.5. The van der Waals surface area contributed by atoms with Gasteiger partial charge in [-0.05, 0) is 0 Å². The SMILES string of the molecule is CN1OCC2(C)CN(C(=O)O)CC12. The van der Waals surface area contributed by atoms with Crippen LogP contribution in [0.1, 0.15) is 6.92 Å². The highest BCUT2D eigenvalue weighted by Crippen LogP contribution is 2.38. The summed E-state index contributed by atoms with van der Waals surface area (Å²) < 4.78 is 0. The standard InChI is InChI=1S/C8H14N2O3/c1-8-4-10(7(11)12)3-6(8)9(2)13-5-8/h6H,3-5H2,1-2H3,(H,11,12). The predicted molar refractivity (Wildman–Crippen MR) is 45.2 cm³/mol. The molecule has 2 heterocycles. The van der Waals surface area contributed by atoms with Gasteiger partial charge >= 0.3 is 6.09 Å². The zero-order chi connectivity index (χ0) is 9.64. The molecular formula is C8H14N2O3. The minimum atomic E-state index is -0.830. The maximum atomic E-state index is 10.7. The van der Waals surface area contributed by atoms with Crippen LogP contribution in [-0.4, -0.2) is 53.9 Å². The van der Waals surface area contributed by atoms with Crippen LogP contribution in [0.2, 0.25) is 0 Å². The summed E-state index contributed by atoms with van der Waals surface area (Å²) in [5.74, 6) is 0. The van der Waals surface area contributed by atoms with Crippen molar-refractivity contribution in [3.8, 4) is 0 Å². The van der Waals surface area contributed by atoms with Gasteiger partial charge in [-0.3, -0.25) is 4.84 Å². The highest BCUT2D eigenvalue weighted by molar-refractivity contribution is 5.65. The van der Waals surface area contributed by atoms with Crippen LogP contribution in [0, 0.1) is 5.41 Å². The van der Waals surface area contributed by atoms with Gasteiger partial charge in [-0.25, -0.2) is 4.79 Å². The third-order valence-corrected chi connectivity index (χ3v) is 3.06. The number of likely N-dealkylation sites (N-methyl/N-ethyl adjacent to an activating group) is 1. The van der Waals surface area contributed by atoms with E-state index in [9.17, 15) is 4.79 Å². The van der Waals surface area contributed by atoms with Gasteiger partial charge in [0.2, 0.25) is 0 Å². The molecule has 0 bridgehead atoms. The van der Waals surface area contributed by atoms with Gasteiger partial charge in [0.15, 0.2) is 0 Å². The summed E-state index contributed by atoms with van der Waals surface area (Å²) in [6.07, 6.45) is -0.830. The summed E-state index contributed by atoms with van der Waals surface area (Å²) in [5.41, 5.74) is -0.0207. The second-order valence-electron chi connectivity index (χ2n) is 4.15. The number of carbonyl (C=O) groups is 1. The first-order chi connectivity index (χ1) is 6.03. The molecule has 0 aromatic heterocycles. The molecule has 0 saturated carbocycles. The Bertz CT molecular complexity index is 246. The monoisotopic (exact) mass is 186 g/mol. The lowest BCUT2D eigenvalue weighted by molar-refractivity contribution is -0.112. The Morgan fingerprint density at radius 3 is 2.92 bits per heavy atom. The number of hydrogen-bond donors (Lipinski definition) is 1. The number of nitrogens with zero attached hydrogens (tertiary/aromatic N) is 2. The molecule has 0 radical (unpaired) electrons. The maximum Gasteiger partial charge on any atom is 0.407 e. The Labute approximate surface area is 76.8 Å². The van der Waals surface area contributed by atoms with Crippen molar-refractivity contribution in [1.82, 2.24) is 9.96 Å². The molecular weight excluding hydrogens is 172 g/mol. The lowest BCUT2D eigenvalue weighted by Crippen LogP contribution is -2.35. The van der Waals surface area contributed by atoms with Crippen LogP contribution in [0.3, 0.4) is 0 Å². The lowest BCUT2D eigenvalue weighted by atomic mass is 9.87. The Hall–Kier alpha value is -0.810. The highest BCUT2D eigenvalue weighted by atomic mass is 16.7. The van der Waals surface area contributed by atoms with Crippen molar-refractivity contribution in [3.63, 3.8) is 0 Å². The first-order valence-corrected chi connectivity index (χ1v) is 4.36. The van der Waals surface area contributed by atoms with E-state index >= 15 is 0 Å². The molecule has 5 nitrogen and oxygen atoms in total. The van der Waals surface area contributed by atoms with Gasteiger partial charge in [0.05, 0.1) is 12.6 Å². The van der Waals surface area contributed by atoms with Gasteiger partial charge in [0, 0.05) is 25.6 Å². The summed E-state index contributed by atoms with van der Waals surface area (Å²) in [6, 6.07) is 0.212. The zero-order valence-corrected chi connectivity index (χ0v) is 7.86. The number of carboxylic acid groups (broad SMARTS) is 1. The van der Waals surface area contributed by atoms with E-state index in [-0.39, 0.29) is 11.5 Å². The lowest BCUT2D eigenvalue weighted by Gasteiger charge is -2.20. The zero-order valence-electron chi connectivity index (χ0n) is 7.86. The maximum absolute atomic E-state index is 10.7. The molecule has 2 saturated heterocycles. The van der Waals surface area contributed by atoms with E-state index in [1.165, 1.54) is 4.90 Å². The number of likely N-dealkylation sites (tertiary alicyclic amines) is 1. The van der Waals surface area contributed by atoms with Crippen LogP contribution in [-0.2, 0) is 4.84 Å². The van der Waals surface area contributed by atoms with Gasteiger partial charge < -0.3 is 10.0 Å². The molecule has 13 heavy (non-hydrogen) atoms. The van der Waals surface area contributed by atoms with Crippen molar-refractivity contribution < 1.29 is 14.7 Å². The Morgan fingerprint density at radius 2 is 2.38 bits per heavy atom. The fraction of sp³-hybridized carbons (Fsp3) is 0.875. The highest BCUT2D eigenvalue weighted by Gasteiger charge is 2.51. The van der Waals surface area contributed by atoms with Crippen LogP contribution in [0.15, 0.2) is 0 Å². The third kappa shape index (κ3) is 1.19. The molecule has 2 atom stereocenters. The molecule has 2 rings (SSSR count). The molecule has 0 spiro atoms. The van der Waals surface area contributed by atoms with Crippen LogP contribution >= 0.6 is 0 Å². The van der Waals surface area contributed by atoms with Gasteiger partial charge in [-0.1, -0.05) is 6.92 Å². The van der Waals surface area contributed by atoms with Crippen molar-refractivity contribution >= 4 is 6.09 Å². The largest absolute Gasteiger partial charge is 0.465 e. The minimum absolute atomic E-state index is 0.0207. The minimum Gasteiger partial charge on any atom is -0.465 e. The smallest absolute Gasteiger partial charge is 0.407 e. The average Bonchev–Trinajstić information content (AvgIpc) is 2.50. The first-order valence-electron chi connectivity index (χ1n) is 4.36. The average molecular weight is 186 g/mol.